The van der Waals surface area contributed by atoms with Crippen molar-refractivity contribution in [3.8, 4) is 11.8 Å². The highest BCUT2D eigenvalue weighted by Crippen LogP contribution is 2.31. The van der Waals surface area contributed by atoms with Gasteiger partial charge in [-0.1, -0.05) is 47.2 Å². The van der Waals surface area contributed by atoms with Crippen molar-refractivity contribution in [1.29, 1.82) is 0 Å². The lowest BCUT2D eigenvalue weighted by Crippen LogP contribution is -2.12. The lowest BCUT2D eigenvalue weighted by Gasteiger charge is -2.06. The molecule has 0 fully saturated rings. The summed E-state index contributed by atoms with van der Waals surface area (Å²) in [6.07, 6.45) is 0. The summed E-state index contributed by atoms with van der Waals surface area (Å²) in [5.74, 6) is 4.96. The van der Waals surface area contributed by atoms with Crippen molar-refractivity contribution in [1.82, 2.24) is 0 Å². The van der Waals surface area contributed by atoms with Crippen molar-refractivity contribution in [2.24, 2.45) is 0 Å². The number of halogens is 2. The maximum Gasteiger partial charge on any atom is 0.258 e. The standard InChI is InChI=1S/C14H9Cl2NO2S/c15-12-8-10(13(16)20-12)14(19)17-11-6-2-1-4-9(11)5-3-7-18/h1-2,4,6,8,18H,7H2,(H,17,19). The highest BCUT2D eigenvalue weighted by atomic mass is 35.5. The average Bonchev–Trinajstić information content (AvgIpc) is 2.77. The molecule has 6 heteroatoms. The van der Waals surface area contributed by atoms with Crippen LogP contribution in [0.25, 0.3) is 0 Å². The van der Waals surface area contributed by atoms with Gasteiger partial charge in [0, 0.05) is 5.56 Å². The summed E-state index contributed by atoms with van der Waals surface area (Å²) in [6.45, 7) is -0.242. The Morgan fingerprint density at radius 3 is 2.75 bits per heavy atom. The van der Waals surface area contributed by atoms with Gasteiger partial charge in [0.2, 0.25) is 0 Å². The molecule has 0 saturated carbocycles. The van der Waals surface area contributed by atoms with Crippen LogP contribution in [0.3, 0.4) is 0 Å². The van der Waals surface area contributed by atoms with E-state index in [0.29, 0.717) is 25.5 Å². The molecule has 0 aliphatic carbocycles. The third kappa shape index (κ3) is 3.53. The molecule has 0 aliphatic heterocycles. The number of thiophene rings is 1. The Morgan fingerprint density at radius 1 is 1.35 bits per heavy atom. The third-order valence-electron chi connectivity index (χ3n) is 2.38. The quantitative estimate of drug-likeness (QED) is 0.828. The molecule has 0 spiro atoms. The van der Waals surface area contributed by atoms with E-state index in [1.54, 1.807) is 24.3 Å². The summed E-state index contributed by atoms with van der Waals surface area (Å²) in [5, 5.41) is 11.5. The number of carbonyl (C=O) groups is 1. The number of hydrogen-bond donors (Lipinski definition) is 2. The Morgan fingerprint density at radius 2 is 2.10 bits per heavy atom. The van der Waals surface area contributed by atoms with E-state index in [2.05, 4.69) is 17.2 Å². The van der Waals surface area contributed by atoms with E-state index in [9.17, 15) is 4.79 Å². The first-order valence-corrected chi connectivity index (χ1v) is 7.14. The number of anilines is 1. The highest BCUT2D eigenvalue weighted by Gasteiger charge is 2.15. The average molecular weight is 326 g/mol. The zero-order valence-corrected chi connectivity index (χ0v) is 12.4. The molecule has 20 heavy (non-hydrogen) atoms. The lowest BCUT2D eigenvalue weighted by molar-refractivity contribution is 0.102. The topological polar surface area (TPSA) is 49.3 Å². The van der Waals surface area contributed by atoms with Crippen molar-refractivity contribution in [3.63, 3.8) is 0 Å². The molecule has 1 aromatic heterocycles. The van der Waals surface area contributed by atoms with Crippen LogP contribution in [0.5, 0.6) is 0 Å². The maximum absolute atomic E-state index is 12.1. The van der Waals surface area contributed by atoms with Gasteiger partial charge in [0.15, 0.2) is 0 Å². The zero-order chi connectivity index (χ0) is 14.5. The minimum atomic E-state index is -0.351. The minimum absolute atomic E-state index is 0.242. The number of amides is 1. The first-order chi connectivity index (χ1) is 9.61. The van der Waals surface area contributed by atoms with E-state index in [1.165, 1.54) is 6.07 Å². The van der Waals surface area contributed by atoms with E-state index in [1.807, 2.05) is 0 Å². The van der Waals surface area contributed by atoms with Crippen LogP contribution in [0, 0.1) is 11.8 Å². The predicted molar refractivity (Wildman–Crippen MR) is 82.7 cm³/mol. The van der Waals surface area contributed by atoms with Gasteiger partial charge in [0.25, 0.3) is 5.91 Å². The van der Waals surface area contributed by atoms with Gasteiger partial charge in [-0.15, -0.1) is 11.3 Å². The van der Waals surface area contributed by atoms with Crippen molar-refractivity contribution < 1.29 is 9.90 Å². The predicted octanol–water partition coefficient (Wildman–Crippen LogP) is 3.65. The van der Waals surface area contributed by atoms with Gasteiger partial charge < -0.3 is 10.4 Å². The van der Waals surface area contributed by atoms with Gasteiger partial charge >= 0.3 is 0 Å². The van der Waals surface area contributed by atoms with Gasteiger partial charge in [-0.3, -0.25) is 4.79 Å². The number of benzene rings is 1. The summed E-state index contributed by atoms with van der Waals surface area (Å²) >= 11 is 12.9. The highest BCUT2D eigenvalue weighted by molar-refractivity contribution is 7.20. The fourth-order valence-electron chi connectivity index (χ4n) is 1.52. The Labute approximate surface area is 130 Å². The monoisotopic (exact) mass is 325 g/mol. The molecule has 2 aromatic rings. The van der Waals surface area contributed by atoms with Crippen LogP contribution in [0.4, 0.5) is 5.69 Å². The van der Waals surface area contributed by atoms with Crippen LogP contribution in [0.2, 0.25) is 8.67 Å². The molecule has 1 amide bonds. The van der Waals surface area contributed by atoms with Crippen LogP contribution in [-0.4, -0.2) is 17.6 Å². The summed E-state index contributed by atoms with van der Waals surface area (Å²) in [6, 6.07) is 8.57. The maximum atomic E-state index is 12.1. The van der Waals surface area contributed by atoms with Crippen molar-refractivity contribution in [2.75, 3.05) is 11.9 Å². The molecule has 1 heterocycles. The normalized spacial score (nSPS) is 9.75. The molecule has 0 radical (unpaired) electrons. The zero-order valence-electron chi connectivity index (χ0n) is 10.1. The number of aliphatic hydroxyl groups excluding tert-OH is 1. The van der Waals surface area contributed by atoms with Crippen LogP contribution >= 0.6 is 34.5 Å². The van der Waals surface area contributed by atoms with Gasteiger partial charge in [0.05, 0.1) is 15.6 Å². The first-order valence-electron chi connectivity index (χ1n) is 5.56. The van der Waals surface area contributed by atoms with E-state index in [-0.39, 0.29) is 12.5 Å². The number of aliphatic hydroxyl groups is 1. The van der Waals surface area contributed by atoms with Crippen molar-refractivity contribution in [2.45, 2.75) is 0 Å². The molecule has 0 bridgehead atoms. The largest absolute Gasteiger partial charge is 0.384 e. The summed E-state index contributed by atoms with van der Waals surface area (Å²) in [7, 11) is 0. The Hall–Kier alpha value is -1.51. The van der Waals surface area contributed by atoms with E-state index < -0.39 is 0 Å². The van der Waals surface area contributed by atoms with Crippen LogP contribution in [0.1, 0.15) is 15.9 Å². The molecule has 0 unspecified atom stereocenters. The summed E-state index contributed by atoms with van der Waals surface area (Å²) in [4.78, 5) is 12.1. The Balaban J connectivity index is 2.26. The Kier molecular flexibility index (Phi) is 5.05. The number of nitrogens with one attached hydrogen (secondary N) is 1. The van der Waals surface area contributed by atoms with Crippen LogP contribution < -0.4 is 5.32 Å². The fraction of sp³-hybridized carbons (Fsp3) is 0.0714. The number of rotatable bonds is 2. The second-order valence-electron chi connectivity index (χ2n) is 3.70. The van der Waals surface area contributed by atoms with Crippen LogP contribution in [-0.2, 0) is 0 Å². The SMILES string of the molecule is O=C(Nc1ccccc1C#CCO)c1cc(Cl)sc1Cl. The molecule has 2 rings (SSSR count). The van der Waals surface area contributed by atoms with E-state index in [0.717, 1.165) is 11.3 Å². The molecule has 0 atom stereocenters. The summed E-state index contributed by atoms with van der Waals surface area (Å²) in [5.41, 5.74) is 1.50. The first kappa shape index (κ1) is 14.9. The van der Waals surface area contributed by atoms with Crippen LogP contribution in [0.15, 0.2) is 30.3 Å². The van der Waals surface area contributed by atoms with Gasteiger partial charge in [-0.05, 0) is 18.2 Å². The molecule has 2 N–H and O–H groups in total. The smallest absolute Gasteiger partial charge is 0.258 e. The van der Waals surface area contributed by atoms with Gasteiger partial charge in [-0.25, -0.2) is 0 Å². The van der Waals surface area contributed by atoms with E-state index in [4.69, 9.17) is 28.3 Å². The molecule has 0 saturated heterocycles. The molecule has 0 aliphatic rings. The lowest BCUT2D eigenvalue weighted by atomic mass is 10.1. The molecule has 3 nitrogen and oxygen atoms in total. The molecular weight excluding hydrogens is 317 g/mol. The van der Waals surface area contributed by atoms with E-state index >= 15 is 0 Å². The molecule has 1 aromatic carbocycles. The van der Waals surface area contributed by atoms with Crippen molar-refractivity contribution >= 4 is 46.1 Å². The number of para-hydroxylation sites is 1. The Bertz CT molecular complexity index is 701. The fourth-order valence-corrected chi connectivity index (χ4v) is 2.98. The number of hydrogen-bond acceptors (Lipinski definition) is 3. The second-order valence-corrected chi connectivity index (χ2v) is 5.98. The molecular formula is C14H9Cl2NO2S. The molecule has 102 valence electrons. The van der Waals surface area contributed by atoms with Crippen molar-refractivity contribution in [3.05, 3.63) is 50.1 Å². The van der Waals surface area contributed by atoms with Gasteiger partial charge in [0.1, 0.15) is 10.9 Å². The number of carbonyl (C=O) groups excluding carboxylic acids is 1. The third-order valence-corrected chi connectivity index (χ3v) is 3.87. The second kappa shape index (κ2) is 6.78. The summed E-state index contributed by atoms with van der Waals surface area (Å²) < 4.78 is 0.792. The van der Waals surface area contributed by atoms with Gasteiger partial charge in [-0.2, -0.15) is 0 Å². The minimum Gasteiger partial charge on any atom is -0.384 e.